The summed E-state index contributed by atoms with van der Waals surface area (Å²) in [4.78, 5) is 27.3. The summed E-state index contributed by atoms with van der Waals surface area (Å²) in [5.41, 5.74) is 1.26. The first-order valence-electron chi connectivity index (χ1n) is 9.61. The summed E-state index contributed by atoms with van der Waals surface area (Å²) in [5.74, 6) is 0.206. The van der Waals surface area contributed by atoms with Crippen LogP contribution in [0.15, 0.2) is 41.0 Å². The predicted molar refractivity (Wildman–Crippen MR) is 117 cm³/mol. The van der Waals surface area contributed by atoms with Crippen molar-refractivity contribution >= 4 is 35.2 Å². The second-order valence-electron chi connectivity index (χ2n) is 6.97. The topological polar surface area (TPSA) is 100 Å². The van der Waals surface area contributed by atoms with Crippen molar-refractivity contribution in [3.05, 3.63) is 67.9 Å². The molecule has 0 radical (unpaired) electrons. The van der Waals surface area contributed by atoms with Crippen LogP contribution in [0.25, 0.3) is 6.08 Å². The van der Waals surface area contributed by atoms with Crippen molar-refractivity contribution in [3.8, 4) is 11.5 Å². The fourth-order valence-corrected chi connectivity index (χ4v) is 3.28. The first-order chi connectivity index (χ1) is 14.7. The van der Waals surface area contributed by atoms with Crippen LogP contribution in [0.1, 0.15) is 37.5 Å². The molecule has 8 nitrogen and oxygen atoms in total. The first-order valence-corrected chi connectivity index (χ1v) is 9.99. The average molecular weight is 445 g/mol. The second-order valence-corrected chi connectivity index (χ2v) is 7.38. The SMILES string of the molecule is CCOc1cc(/C=C2\N=C(c3cccc([N+](=O)[O-])c3C)OC2=O)cc(Cl)c1OC(C)C. The van der Waals surface area contributed by atoms with Crippen molar-refractivity contribution in [2.24, 2.45) is 4.99 Å². The minimum absolute atomic E-state index is 0.00772. The summed E-state index contributed by atoms with van der Waals surface area (Å²) < 4.78 is 16.6. The summed E-state index contributed by atoms with van der Waals surface area (Å²) >= 11 is 6.38. The van der Waals surface area contributed by atoms with Crippen LogP contribution in [-0.4, -0.2) is 29.5 Å². The second kappa shape index (κ2) is 9.18. The molecule has 3 rings (SSSR count). The summed E-state index contributed by atoms with van der Waals surface area (Å²) in [6, 6.07) is 7.83. The zero-order chi connectivity index (χ0) is 22.7. The number of halogens is 1. The number of cyclic esters (lactones) is 1. The smallest absolute Gasteiger partial charge is 0.363 e. The number of hydrogen-bond acceptors (Lipinski definition) is 7. The normalized spacial score (nSPS) is 14.6. The first kappa shape index (κ1) is 22.3. The Bertz CT molecular complexity index is 1110. The minimum atomic E-state index is -0.669. The highest BCUT2D eigenvalue weighted by atomic mass is 35.5. The van der Waals surface area contributed by atoms with Crippen LogP contribution in [0, 0.1) is 17.0 Å². The summed E-state index contributed by atoms with van der Waals surface area (Å²) in [6.07, 6.45) is 1.41. The molecule has 1 aliphatic heterocycles. The molecule has 9 heteroatoms. The van der Waals surface area contributed by atoms with Gasteiger partial charge in [-0.2, -0.15) is 0 Å². The zero-order valence-electron chi connectivity index (χ0n) is 17.5. The van der Waals surface area contributed by atoms with E-state index in [1.807, 2.05) is 20.8 Å². The highest BCUT2D eigenvalue weighted by Crippen LogP contribution is 2.38. The lowest BCUT2D eigenvalue weighted by molar-refractivity contribution is -0.385. The molecule has 0 saturated heterocycles. The number of ether oxygens (including phenoxy) is 3. The van der Waals surface area contributed by atoms with Gasteiger partial charge < -0.3 is 14.2 Å². The van der Waals surface area contributed by atoms with Crippen LogP contribution in [0.5, 0.6) is 11.5 Å². The van der Waals surface area contributed by atoms with Gasteiger partial charge in [-0.05, 0) is 57.5 Å². The third kappa shape index (κ3) is 4.86. The van der Waals surface area contributed by atoms with Crippen molar-refractivity contribution in [2.75, 3.05) is 6.61 Å². The lowest BCUT2D eigenvalue weighted by atomic mass is 10.1. The number of nitro benzene ring substituents is 1. The number of benzene rings is 2. The highest BCUT2D eigenvalue weighted by molar-refractivity contribution is 6.32. The Morgan fingerprint density at radius 2 is 2.06 bits per heavy atom. The third-order valence-corrected chi connectivity index (χ3v) is 4.62. The summed E-state index contributed by atoms with van der Waals surface area (Å²) in [6.45, 7) is 7.57. The van der Waals surface area contributed by atoms with Crippen molar-refractivity contribution < 1.29 is 23.9 Å². The standard InChI is InChI=1S/C22H21ClN2O6/c1-5-29-19-11-14(9-16(23)20(19)30-12(2)3)10-17-22(26)31-21(24-17)15-7-6-8-18(13(15)4)25(27)28/h6-12H,5H2,1-4H3/b17-10-. The van der Waals surface area contributed by atoms with Gasteiger partial charge in [-0.3, -0.25) is 10.1 Å². The Balaban J connectivity index is 2.01. The number of hydrogen-bond donors (Lipinski definition) is 0. The molecule has 0 spiro atoms. The van der Waals surface area contributed by atoms with Crippen LogP contribution in [0.4, 0.5) is 5.69 Å². The number of carbonyl (C=O) groups is 1. The quantitative estimate of drug-likeness (QED) is 0.255. The minimum Gasteiger partial charge on any atom is -0.490 e. The van der Waals surface area contributed by atoms with Crippen LogP contribution in [0.3, 0.4) is 0 Å². The van der Waals surface area contributed by atoms with Gasteiger partial charge in [0.05, 0.1) is 22.7 Å². The van der Waals surface area contributed by atoms with Crippen molar-refractivity contribution in [1.82, 2.24) is 0 Å². The number of aliphatic imine (C=N–C) groups is 1. The number of nitro groups is 1. The molecule has 162 valence electrons. The number of rotatable bonds is 7. The van der Waals surface area contributed by atoms with Gasteiger partial charge in [0.1, 0.15) is 0 Å². The van der Waals surface area contributed by atoms with E-state index in [4.69, 9.17) is 25.8 Å². The van der Waals surface area contributed by atoms with E-state index in [1.165, 1.54) is 18.2 Å². The van der Waals surface area contributed by atoms with Crippen molar-refractivity contribution in [1.29, 1.82) is 0 Å². The van der Waals surface area contributed by atoms with E-state index in [0.717, 1.165) is 0 Å². The molecule has 1 aliphatic rings. The zero-order valence-corrected chi connectivity index (χ0v) is 18.2. The lowest BCUT2D eigenvalue weighted by Crippen LogP contribution is -2.08. The largest absolute Gasteiger partial charge is 0.490 e. The van der Waals surface area contributed by atoms with Gasteiger partial charge in [0, 0.05) is 17.2 Å². The van der Waals surface area contributed by atoms with E-state index in [0.29, 0.717) is 39.8 Å². The molecule has 0 fully saturated rings. The van der Waals surface area contributed by atoms with Gasteiger partial charge in [-0.15, -0.1) is 0 Å². The van der Waals surface area contributed by atoms with E-state index in [2.05, 4.69) is 4.99 Å². The molecule has 0 unspecified atom stereocenters. The molecule has 1 heterocycles. The van der Waals surface area contributed by atoms with Crippen LogP contribution in [0.2, 0.25) is 5.02 Å². The summed E-state index contributed by atoms with van der Waals surface area (Å²) in [7, 11) is 0. The third-order valence-electron chi connectivity index (χ3n) is 4.34. The summed E-state index contributed by atoms with van der Waals surface area (Å²) in [5, 5.41) is 11.5. The Morgan fingerprint density at radius 3 is 2.71 bits per heavy atom. The van der Waals surface area contributed by atoms with Crippen molar-refractivity contribution in [3.63, 3.8) is 0 Å². The van der Waals surface area contributed by atoms with Crippen molar-refractivity contribution in [2.45, 2.75) is 33.8 Å². The van der Waals surface area contributed by atoms with Gasteiger partial charge in [-0.1, -0.05) is 17.7 Å². The highest BCUT2D eigenvalue weighted by Gasteiger charge is 2.27. The van der Waals surface area contributed by atoms with E-state index >= 15 is 0 Å². The fourth-order valence-electron chi connectivity index (χ4n) is 3.02. The van der Waals surface area contributed by atoms with Gasteiger partial charge in [-0.25, -0.2) is 9.79 Å². The Morgan fingerprint density at radius 1 is 1.32 bits per heavy atom. The maximum absolute atomic E-state index is 12.4. The Hall–Kier alpha value is -3.39. The molecule has 2 aromatic carbocycles. The average Bonchev–Trinajstić information content (AvgIpc) is 3.04. The number of carbonyl (C=O) groups excluding carboxylic acids is 1. The van der Waals surface area contributed by atoms with Gasteiger partial charge in [0.2, 0.25) is 5.90 Å². The molecule has 0 bridgehead atoms. The van der Waals surface area contributed by atoms with E-state index in [9.17, 15) is 14.9 Å². The molecule has 0 saturated carbocycles. The maximum Gasteiger partial charge on any atom is 0.363 e. The molecular formula is C22H21ClN2O6. The molecule has 0 N–H and O–H groups in total. The van der Waals surface area contributed by atoms with Crippen LogP contribution in [-0.2, 0) is 9.53 Å². The Kier molecular flexibility index (Phi) is 6.60. The van der Waals surface area contributed by atoms with Crippen LogP contribution < -0.4 is 9.47 Å². The number of nitrogens with zero attached hydrogens (tertiary/aromatic N) is 2. The Labute approximate surface area is 184 Å². The van der Waals surface area contributed by atoms with E-state index < -0.39 is 10.9 Å². The molecule has 2 aromatic rings. The van der Waals surface area contributed by atoms with E-state index in [1.54, 1.807) is 25.1 Å². The van der Waals surface area contributed by atoms with Gasteiger partial charge in [0.25, 0.3) is 5.69 Å². The molecule has 0 atom stereocenters. The molecule has 31 heavy (non-hydrogen) atoms. The molecule has 0 amide bonds. The van der Waals surface area contributed by atoms with Gasteiger partial charge >= 0.3 is 5.97 Å². The molecular weight excluding hydrogens is 424 g/mol. The fraction of sp³-hybridized carbons (Fsp3) is 0.273. The van der Waals surface area contributed by atoms with Crippen LogP contribution >= 0.6 is 11.6 Å². The molecule has 0 aromatic heterocycles. The van der Waals surface area contributed by atoms with Gasteiger partial charge in [0.15, 0.2) is 17.2 Å². The maximum atomic E-state index is 12.4. The predicted octanol–water partition coefficient (Wildman–Crippen LogP) is 5.09. The molecule has 0 aliphatic carbocycles. The monoisotopic (exact) mass is 444 g/mol. The lowest BCUT2D eigenvalue weighted by Gasteiger charge is -2.16. The number of esters is 1. The van der Waals surface area contributed by atoms with E-state index in [-0.39, 0.29) is 23.4 Å².